The number of carbonyl (C=O) groups excluding carboxylic acids is 1. The Morgan fingerprint density at radius 1 is 0.682 bits per heavy atom. The molecule has 0 radical (unpaired) electrons. The van der Waals surface area contributed by atoms with Crippen LogP contribution in [-0.4, -0.2) is 5.12 Å². The molecule has 0 saturated carbocycles. The first-order valence-electron chi connectivity index (χ1n) is 6.96. The minimum Gasteiger partial charge on any atom is -0.283 e. The minimum absolute atomic E-state index is 0.154. The van der Waals surface area contributed by atoms with Crippen LogP contribution in [0.2, 0.25) is 0 Å². The van der Waals surface area contributed by atoms with Crippen LogP contribution in [0, 0.1) is 5.82 Å². The molecule has 0 bridgehead atoms. The smallest absolute Gasteiger partial charge is 0.210 e. The maximum Gasteiger partial charge on any atom is 0.210 e. The van der Waals surface area contributed by atoms with Crippen LogP contribution in [0.4, 0.5) is 4.39 Å². The molecule has 22 heavy (non-hydrogen) atoms. The van der Waals surface area contributed by atoms with Gasteiger partial charge < -0.3 is 0 Å². The number of rotatable bonds is 3. The van der Waals surface area contributed by atoms with Crippen LogP contribution in [-0.2, 0) is 0 Å². The third-order valence-electron chi connectivity index (χ3n) is 3.34. The fraction of sp³-hybridized carbons (Fsp3) is 0. The minimum atomic E-state index is -1.28. The summed E-state index contributed by atoms with van der Waals surface area (Å²) >= 11 is 0. The predicted molar refractivity (Wildman–Crippen MR) is 89.1 cm³/mol. The molecule has 3 heteroatoms. The highest BCUT2D eigenvalue weighted by atomic mass is 32.2. The van der Waals surface area contributed by atoms with E-state index < -0.39 is 16.7 Å². The lowest BCUT2D eigenvalue weighted by Crippen LogP contribution is -2.04. The Morgan fingerprint density at radius 2 is 1.14 bits per heavy atom. The molecule has 0 aliphatic heterocycles. The maximum atomic E-state index is 14.0. The van der Waals surface area contributed by atoms with Crippen molar-refractivity contribution in [2.75, 3.05) is 0 Å². The SMILES string of the molecule is O=C(c1ccccc1F)[SH](c1ccccc1)c1ccccc1. The van der Waals surface area contributed by atoms with Gasteiger partial charge in [-0.15, -0.1) is 10.9 Å². The van der Waals surface area contributed by atoms with Crippen molar-refractivity contribution in [3.8, 4) is 0 Å². The first kappa shape index (κ1) is 14.5. The van der Waals surface area contributed by atoms with E-state index in [4.69, 9.17) is 0 Å². The number of benzene rings is 3. The van der Waals surface area contributed by atoms with E-state index >= 15 is 0 Å². The lowest BCUT2D eigenvalue weighted by Gasteiger charge is -2.21. The first-order valence-corrected chi connectivity index (χ1v) is 8.30. The standard InChI is InChI=1S/C19H15FOS/c20-18-14-8-7-13-17(18)19(21)22(15-9-3-1-4-10-15)16-11-5-2-6-12-16/h1-14,22H. The first-order chi connectivity index (χ1) is 10.8. The molecule has 0 unspecified atom stereocenters. The van der Waals surface area contributed by atoms with E-state index in [0.29, 0.717) is 0 Å². The number of carbonyl (C=O) groups is 1. The van der Waals surface area contributed by atoms with Crippen LogP contribution in [0.1, 0.15) is 10.4 Å². The lowest BCUT2D eigenvalue weighted by atomic mass is 10.2. The molecule has 3 aromatic rings. The van der Waals surface area contributed by atoms with Crippen molar-refractivity contribution in [1.82, 2.24) is 0 Å². The van der Waals surface area contributed by atoms with Gasteiger partial charge in [0.05, 0.1) is 5.56 Å². The quantitative estimate of drug-likeness (QED) is 0.667. The molecule has 0 aromatic heterocycles. The zero-order chi connectivity index (χ0) is 15.4. The van der Waals surface area contributed by atoms with E-state index in [1.165, 1.54) is 6.07 Å². The number of hydrogen-bond donors (Lipinski definition) is 1. The van der Waals surface area contributed by atoms with E-state index in [2.05, 4.69) is 0 Å². The molecular weight excluding hydrogens is 295 g/mol. The molecule has 110 valence electrons. The van der Waals surface area contributed by atoms with Crippen molar-refractivity contribution < 1.29 is 9.18 Å². The monoisotopic (exact) mass is 310 g/mol. The average molecular weight is 310 g/mol. The number of halogens is 1. The third kappa shape index (κ3) is 2.95. The normalized spacial score (nSPS) is 11.0. The highest BCUT2D eigenvalue weighted by molar-refractivity contribution is 8.30. The molecule has 0 spiro atoms. The zero-order valence-electron chi connectivity index (χ0n) is 11.8. The maximum absolute atomic E-state index is 14.0. The van der Waals surface area contributed by atoms with E-state index in [1.807, 2.05) is 60.7 Å². The van der Waals surface area contributed by atoms with Crippen molar-refractivity contribution in [2.24, 2.45) is 0 Å². The number of thiol groups is 1. The molecule has 0 aliphatic rings. The molecule has 0 aliphatic carbocycles. The highest BCUT2D eigenvalue weighted by Gasteiger charge is 2.22. The van der Waals surface area contributed by atoms with Crippen LogP contribution >= 0.6 is 10.9 Å². The van der Waals surface area contributed by atoms with Crippen LogP contribution in [0.3, 0.4) is 0 Å². The van der Waals surface area contributed by atoms with Crippen molar-refractivity contribution in [3.05, 3.63) is 96.3 Å². The summed E-state index contributed by atoms with van der Waals surface area (Å²) in [5.74, 6) is -0.466. The summed E-state index contributed by atoms with van der Waals surface area (Å²) in [5, 5.41) is -0.162. The van der Waals surface area contributed by atoms with Gasteiger partial charge in [-0.25, -0.2) is 4.39 Å². The van der Waals surface area contributed by atoms with Gasteiger partial charge in [0.1, 0.15) is 5.82 Å². The lowest BCUT2D eigenvalue weighted by molar-refractivity contribution is 0.108. The van der Waals surface area contributed by atoms with Gasteiger partial charge in [0.2, 0.25) is 5.12 Å². The van der Waals surface area contributed by atoms with Crippen LogP contribution in [0.15, 0.2) is 94.7 Å². The van der Waals surface area contributed by atoms with Gasteiger partial charge in [-0.05, 0) is 46.2 Å². The summed E-state index contributed by atoms with van der Waals surface area (Å²) in [6, 6.07) is 25.3. The van der Waals surface area contributed by atoms with E-state index in [0.717, 1.165) is 9.79 Å². The molecule has 0 atom stereocenters. The Morgan fingerprint density at radius 3 is 1.64 bits per heavy atom. The van der Waals surface area contributed by atoms with Gasteiger partial charge in [-0.1, -0.05) is 48.5 Å². The molecular formula is C19H15FOS. The second-order valence-corrected chi connectivity index (χ2v) is 6.90. The Bertz CT molecular complexity index is 732. The van der Waals surface area contributed by atoms with E-state index in [-0.39, 0.29) is 10.7 Å². The molecule has 3 aromatic carbocycles. The fourth-order valence-corrected chi connectivity index (χ4v) is 4.42. The molecule has 0 fully saturated rings. The fourth-order valence-electron chi connectivity index (χ4n) is 2.29. The Balaban J connectivity index is 2.11. The van der Waals surface area contributed by atoms with Gasteiger partial charge in [0, 0.05) is 0 Å². The summed E-state index contributed by atoms with van der Waals surface area (Å²) in [6.07, 6.45) is 0. The molecule has 0 N–H and O–H groups in total. The van der Waals surface area contributed by atoms with Crippen LogP contribution < -0.4 is 0 Å². The van der Waals surface area contributed by atoms with E-state index in [1.54, 1.807) is 18.2 Å². The van der Waals surface area contributed by atoms with Crippen molar-refractivity contribution in [1.29, 1.82) is 0 Å². The molecule has 3 rings (SSSR count). The number of hydrogen-bond acceptors (Lipinski definition) is 1. The Labute approximate surface area is 131 Å². The summed E-state index contributed by atoms with van der Waals surface area (Å²) in [5.41, 5.74) is 0.154. The summed E-state index contributed by atoms with van der Waals surface area (Å²) in [7, 11) is -1.28. The summed E-state index contributed by atoms with van der Waals surface area (Å²) in [6.45, 7) is 0. The van der Waals surface area contributed by atoms with Gasteiger partial charge in [-0.3, -0.25) is 4.79 Å². The van der Waals surface area contributed by atoms with Crippen LogP contribution in [0.25, 0.3) is 0 Å². The van der Waals surface area contributed by atoms with Gasteiger partial charge in [0.15, 0.2) is 0 Å². The molecule has 1 nitrogen and oxygen atoms in total. The molecule has 0 amide bonds. The highest BCUT2D eigenvalue weighted by Crippen LogP contribution is 2.47. The van der Waals surface area contributed by atoms with Crippen molar-refractivity contribution >= 4 is 16.0 Å². The second kappa shape index (κ2) is 6.58. The summed E-state index contributed by atoms with van der Waals surface area (Å²) in [4.78, 5) is 14.8. The van der Waals surface area contributed by atoms with Gasteiger partial charge in [-0.2, -0.15) is 0 Å². The Hall–Kier alpha value is -2.39. The molecule has 0 saturated heterocycles. The van der Waals surface area contributed by atoms with E-state index in [9.17, 15) is 9.18 Å². The zero-order valence-corrected chi connectivity index (χ0v) is 12.7. The predicted octanol–water partition coefficient (Wildman–Crippen LogP) is 5.09. The van der Waals surface area contributed by atoms with Gasteiger partial charge in [0.25, 0.3) is 0 Å². The Kier molecular flexibility index (Phi) is 4.35. The average Bonchev–Trinajstić information content (AvgIpc) is 2.57. The second-order valence-electron chi connectivity index (χ2n) is 4.79. The van der Waals surface area contributed by atoms with Crippen LogP contribution in [0.5, 0.6) is 0 Å². The van der Waals surface area contributed by atoms with Gasteiger partial charge >= 0.3 is 0 Å². The van der Waals surface area contributed by atoms with Crippen molar-refractivity contribution in [3.63, 3.8) is 0 Å². The largest absolute Gasteiger partial charge is 0.283 e. The topological polar surface area (TPSA) is 17.1 Å². The summed E-state index contributed by atoms with van der Waals surface area (Å²) < 4.78 is 14.0. The molecule has 0 heterocycles. The van der Waals surface area contributed by atoms with Crippen molar-refractivity contribution in [2.45, 2.75) is 9.79 Å². The third-order valence-corrected chi connectivity index (χ3v) is 5.61.